The Bertz CT molecular complexity index is 437. The van der Waals surface area contributed by atoms with Crippen molar-refractivity contribution < 1.29 is 14.7 Å². The monoisotopic (exact) mass is 253 g/mol. The van der Waals surface area contributed by atoms with Crippen LogP contribution in [0.25, 0.3) is 6.08 Å². The fraction of sp³-hybridized carbons (Fsp3) is 0.333. The molecule has 0 radical (unpaired) electrons. The van der Waals surface area contributed by atoms with E-state index in [1.807, 2.05) is 18.4 Å². The van der Waals surface area contributed by atoms with Gasteiger partial charge in [-0.05, 0) is 36.4 Å². The number of carboxylic acid groups (broad SMARTS) is 1. The van der Waals surface area contributed by atoms with Gasteiger partial charge in [0.25, 0.3) is 0 Å². The van der Waals surface area contributed by atoms with Crippen LogP contribution < -0.4 is 5.32 Å². The van der Waals surface area contributed by atoms with Crippen LogP contribution in [-0.4, -0.2) is 23.0 Å². The SMILES string of the molecule is CC[C@H](NC(=O)/C=C/c1sccc1C)C(=O)O. The van der Waals surface area contributed by atoms with Crippen molar-refractivity contribution in [2.45, 2.75) is 26.3 Å². The van der Waals surface area contributed by atoms with E-state index in [2.05, 4.69) is 5.32 Å². The van der Waals surface area contributed by atoms with Gasteiger partial charge in [0.2, 0.25) is 5.91 Å². The maximum atomic E-state index is 11.5. The summed E-state index contributed by atoms with van der Waals surface area (Å²) in [4.78, 5) is 23.2. The summed E-state index contributed by atoms with van der Waals surface area (Å²) < 4.78 is 0. The van der Waals surface area contributed by atoms with E-state index < -0.39 is 12.0 Å². The molecule has 0 saturated heterocycles. The molecule has 2 N–H and O–H groups in total. The van der Waals surface area contributed by atoms with Crippen LogP contribution in [0.2, 0.25) is 0 Å². The minimum absolute atomic E-state index is 0.368. The largest absolute Gasteiger partial charge is 0.480 e. The molecule has 0 saturated carbocycles. The second-order valence-electron chi connectivity index (χ2n) is 3.61. The topological polar surface area (TPSA) is 66.4 Å². The van der Waals surface area contributed by atoms with E-state index in [1.54, 1.807) is 13.0 Å². The first-order valence-corrected chi connectivity index (χ1v) is 6.18. The number of nitrogens with one attached hydrogen (secondary N) is 1. The number of aryl methyl sites for hydroxylation is 1. The van der Waals surface area contributed by atoms with Crippen molar-refractivity contribution in [2.75, 3.05) is 0 Å². The summed E-state index contributed by atoms with van der Waals surface area (Å²) in [6.45, 7) is 3.67. The second-order valence-corrected chi connectivity index (χ2v) is 4.56. The Labute approximate surface area is 104 Å². The lowest BCUT2D eigenvalue weighted by molar-refractivity contribution is -0.141. The Morgan fingerprint density at radius 2 is 2.29 bits per heavy atom. The zero-order valence-electron chi connectivity index (χ0n) is 9.77. The summed E-state index contributed by atoms with van der Waals surface area (Å²) in [5, 5.41) is 13.2. The number of carbonyl (C=O) groups is 2. The number of aliphatic carboxylic acids is 1. The standard InChI is InChI=1S/C12H15NO3S/c1-3-9(12(15)16)13-11(14)5-4-10-8(2)6-7-17-10/h4-7,9H,3H2,1-2H3,(H,13,14)(H,15,16)/b5-4+/t9-/m0/s1. The van der Waals surface area contributed by atoms with Gasteiger partial charge < -0.3 is 10.4 Å². The fourth-order valence-corrected chi connectivity index (χ4v) is 2.08. The van der Waals surface area contributed by atoms with Crippen molar-refractivity contribution >= 4 is 29.3 Å². The van der Waals surface area contributed by atoms with E-state index in [4.69, 9.17) is 5.11 Å². The zero-order chi connectivity index (χ0) is 12.8. The number of rotatable bonds is 5. The lowest BCUT2D eigenvalue weighted by atomic mass is 10.2. The molecule has 1 heterocycles. The molecule has 1 aromatic rings. The van der Waals surface area contributed by atoms with Gasteiger partial charge >= 0.3 is 5.97 Å². The molecule has 17 heavy (non-hydrogen) atoms. The molecule has 1 amide bonds. The average molecular weight is 253 g/mol. The quantitative estimate of drug-likeness (QED) is 0.789. The van der Waals surface area contributed by atoms with Crippen molar-refractivity contribution in [3.63, 3.8) is 0 Å². The summed E-state index contributed by atoms with van der Waals surface area (Å²) >= 11 is 1.54. The molecule has 0 spiro atoms. The number of hydrogen-bond donors (Lipinski definition) is 2. The van der Waals surface area contributed by atoms with E-state index in [-0.39, 0.29) is 5.91 Å². The van der Waals surface area contributed by atoms with Gasteiger partial charge in [-0.15, -0.1) is 11.3 Å². The maximum absolute atomic E-state index is 11.5. The van der Waals surface area contributed by atoms with Crippen molar-refractivity contribution in [3.05, 3.63) is 28.0 Å². The van der Waals surface area contributed by atoms with Crippen molar-refractivity contribution in [1.29, 1.82) is 0 Å². The molecule has 0 aliphatic heterocycles. The maximum Gasteiger partial charge on any atom is 0.326 e. The highest BCUT2D eigenvalue weighted by molar-refractivity contribution is 7.11. The zero-order valence-corrected chi connectivity index (χ0v) is 10.6. The molecule has 4 nitrogen and oxygen atoms in total. The van der Waals surface area contributed by atoms with Gasteiger partial charge in [-0.1, -0.05) is 6.92 Å². The molecule has 0 aliphatic carbocycles. The summed E-state index contributed by atoms with van der Waals surface area (Å²) in [5.41, 5.74) is 1.10. The summed E-state index contributed by atoms with van der Waals surface area (Å²) in [7, 11) is 0. The second kappa shape index (κ2) is 6.20. The van der Waals surface area contributed by atoms with Gasteiger partial charge in [-0.25, -0.2) is 4.79 Å². The lowest BCUT2D eigenvalue weighted by Crippen LogP contribution is -2.39. The fourth-order valence-electron chi connectivity index (χ4n) is 1.26. The first-order chi connectivity index (χ1) is 8.04. The van der Waals surface area contributed by atoms with Crippen LogP contribution in [0.1, 0.15) is 23.8 Å². The van der Waals surface area contributed by atoms with E-state index in [0.717, 1.165) is 10.4 Å². The van der Waals surface area contributed by atoms with Gasteiger partial charge in [0.15, 0.2) is 0 Å². The highest BCUT2D eigenvalue weighted by atomic mass is 32.1. The Hall–Kier alpha value is -1.62. The van der Waals surface area contributed by atoms with Crippen LogP contribution in [0, 0.1) is 6.92 Å². The van der Waals surface area contributed by atoms with E-state index in [0.29, 0.717) is 6.42 Å². The van der Waals surface area contributed by atoms with E-state index in [9.17, 15) is 9.59 Å². The molecule has 5 heteroatoms. The molecule has 0 fully saturated rings. The van der Waals surface area contributed by atoms with Crippen LogP contribution >= 0.6 is 11.3 Å². The molecule has 92 valence electrons. The Morgan fingerprint density at radius 1 is 1.59 bits per heavy atom. The number of thiophene rings is 1. The van der Waals surface area contributed by atoms with Gasteiger partial charge in [-0.3, -0.25) is 4.79 Å². The van der Waals surface area contributed by atoms with Gasteiger partial charge in [-0.2, -0.15) is 0 Å². The van der Waals surface area contributed by atoms with Crippen LogP contribution in [0.5, 0.6) is 0 Å². The van der Waals surface area contributed by atoms with Crippen molar-refractivity contribution in [3.8, 4) is 0 Å². The first kappa shape index (κ1) is 13.4. The Kier molecular flexibility index (Phi) is 4.90. The highest BCUT2D eigenvalue weighted by Gasteiger charge is 2.15. The highest BCUT2D eigenvalue weighted by Crippen LogP contribution is 2.16. The normalized spacial score (nSPS) is 12.6. The number of carbonyl (C=O) groups excluding carboxylic acids is 1. The molecule has 1 rings (SSSR count). The van der Waals surface area contributed by atoms with Gasteiger partial charge in [0, 0.05) is 11.0 Å². The number of hydrogen-bond acceptors (Lipinski definition) is 3. The van der Waals surface area contributed by atoms with Crippen LogP contribution in [-0.2, 0) is 9.59 Å². The summed E-state index contributed by atoms with van der Waals surface area (Å²) in [6.07, 6.45) is 3.43. The average Bonchev–Trinajstić information content (AvgIpc) is 2.68. The van der Waals surface area contributed by atoms with Crippen molar-refractivity contribution in [2.24, 2.45) is 0 Å². The molecule has 0 bridgehead atoms. The minimum atomic E-state index is -1.01. The first-order valence-electron chi connectivity index (χ1n) is 5.30. The lowest BCUT2D eigenvalue weighted by Gasteiger charge is -2.09. The predicted octanol–water partition coefficient (Wildman–Crippen LogP) is 2.05. The number of carboxylic acids is 1. The molecule has 0 aromatic carbocycles. The Balaban J connectivity index is 2.58. The van der Waals surface area contributed by atoms with Crippen molar-refractivity contribution in [1.82, 2.24) is 5.32 Å². The third-order valence-electron chi connectivity index (χ3n) is 2.31. The van der Waals surface area contributed by atoms with Crippen LogP contribution in [0.3, 0.4) is 0 Å². The van der Waals surface area contributed by atoms with Gasteiger partial charge in [0.05, 0.1) is 0 Å². The minimum Gasteiger partial charge on any atom is -0.480 e. The molecule has 1 aromatic heterocycles. The third kappa shape index (κ3) is 4.03. The molecular formula is C12H15NO3S. The van der Waals surface area contributed by atoms with Crippen LogP contribution in [0.4, 0.5) is 0 Å². The van der Waals surface area contributed by atoms with Gasteiger partial charge in [0.1, 0.15) is 6.04 Å². The molecule has 1 atom stereocenters. The van der Waals surface area contributed by atoms with E-state index >= 15 is 0 Å². The van der Waals surface area contributed by atoms with E-state index in [1.165, 1.54) is 17.4 Å². The molecule has 0 aliphatic rings. The molecule has 0 unspecified atom stereocenters. The smallest absolute Gasteiger partial charge is 0.326 e. The van der Waals surface area contributed by atoms with Crippen LogP contribution in [0.15, 0.2) is 17.5 Å². The Morgan fingerprint density at radius 3 is 2.76 bits per heavy atom. The summed E-state index contributed by atoms with van der Waals surface area (Å²) in [5.74, 6) is -1.39. The number of amides is 1. The predicted molar refractivity (Wildman–Crippen MR) is 67.9 cm³/mol. The summed E-state index contributed by atoms with van der Waals surface area (Å²) in [6, 6.07) is 1.14. The molecular weight excluding hydrogens is 238 g/mol. The third-order valence-corrected chi connectivity index (χ3v) is 3.29.